The minimum absolute atomic E-state index is 0.0107. The molecular weight excluding hydrogens is 384 g/mol. The molecule has 1 saturated heterocycles. The largest absolute Gasteiger partial charge is 0.465 e. The second-order valence-corrected chi connectivity index (χ2v) is 6.52. The van der Waals surface area contributed by atoms with Crippen LogP contribution in [0.5, 0.6) is 0 Å². The van der Waals surface area contributed by atoms with Gasteiger partial charge in [-0.3, -0.25) is 9.59 Å². The van der Waals surface area contributed by atoms with Gasteiger partial charge in [-0.2, -0.15) is 0 Å². The van der Waals surface area contributed by atoms with Gasteiger partial charge in [0, 0.05) is 13.0 Å². The van der Waals surface area contributed by atoms with Crippen LogP contribution >= 0.6 is 0 Å². The van der Waals surface area contributed by atoms with Crippen molar-refractivity contribution in [3.63, 3.8) is 0 Å². The number of hydrogen-bond donors (Lipinski definition) is 0. The smallest absolute Gasteiger partial charge is 0.344 e. The standard InChI is InChI=1S/C20H30O9/c1-5-27-18(23)20(19(24)28-6-2,13-14-9-7-8-12-29-14)11-10-15(16(21)25-3)17(22)26-4/h10,14H,5-9,11-13H2,1-4H3. The van der Waals surface area contributed by atoms with Gasteiger partial charge in [0.2, 0.25) is 0 Å². The summed E-state index contributed by atoms with van der Waals surface area (Å²) in [6.45, 7) is 3.87. The zero-order valence-electron chi connectivity index (χ0n) is 17.5. The number of allylic oxidation sites excluding steroid dienone is 1. The summed E-state index contributed by atoms with van der Waals surface area (Å²) in [4.78, 5) is 49.7. The first-order valence-corrected chi connectivity index (χ1v) is 9.69. The number of methoxy groups -OCH3 is 2. The van der Waals surface area contributed by atoms with E-state index in [0.29, 0.717) is 13.0 Å². The van der Waals surface area contributed by atoms with E-state index in [1.54, 1.807) is 13.8 Å². The highest BCUT2D eigenvalue weighted by molar-refractivity contribution is 6.14. The lowest BCUT2D eigenvalue weighted by molar-refractivity contribution is -0.176. The molecule has 1 unspecified atom stereocenters. The van der Waals surface area contributed by atoms with Gasteiger partial charge in [-0.15, -0.1) is 0 Å². The Balaban J connectivity index is 3.37. The van der Waals surface area contributed by atoms with Crippen molar-refractivity contribution in [2.45, 2.75) is 52.1 Å². The second kappa shape index (κ2) is 12.2. The summed E-state index contributed by atoms with van der Waals surface area (Å²) in [5.74, 6) is -3.46. The van der Waals surface area contributed by atoms with Gasteiger partial charge in [0.25, 0.3) is 0 Å². The van der Waals surface area contributed by atoms with Crippen LogP contribution in [0.25, 0.3) is 0 Å². The fourth-order valence-electron chi connectivity index (χ4n) is 3.14. The highest BCUT2D eigenvalue weighted by atomic mass is 16.6. The number of carbonyl (C=O) groups excluding carboxylic acids is 4. The Bertz CT molecular complexity index is 581. The fraction of sp³-hybridized carbons (Fsp3) is 0.700. The van der Waals surface area contributed by atoms with Crippen LogP contribution in [0.4, 0.5) is 0 Å². The third-order valence-corrected chi connectivity index (χ3v) is 4.65. The first-order chi connectivity index (χ1) is 13.9. The Labute approximate surface area is 170 Å². The van der Waals surface area contributed by atoms with Gasteiger partial charge in [-0.1, -0.05) is 6.08 Å². The lowest BCUT2D eigenvalue weighted by atomic mass is 9.77. The summed E-state index contributed by atoms with van der Waals surface area (Å²) in [6.07, 6.45) is 2.99. The van der Waals surface area contributed by atoms with Crippen LogP contribution in [0.3, 0.4) is 0 Å². The molecule has 1 aliphatic heterocycles. The summed E-state index contributed by atoms with van der Waals surface area (Å²) < 4.78 is 25.2. The average Bonchev–Trinajstić information content (AvgIpc) is 2.73. The van der Waals surface area contributed by atoms with Crippen LogP contribution in [0.2, 0.25) is 0 Å². The van der Waals surface area contributed by atoms with Gasteiger partial charge < -0.3 is 23.7 Å². The number of ether oxygens (including phenoxy) is 5. The van der Waals surface area contributed by atoms with E-state index in [-0.39, 0.29) is 32.2 Å². The van der Waals surface area contributed by atoms with Crippen LogP contribution in [0, 0.1) is 5.41 Å². The molecule has 1 aliphatic rings. The highest BCUT2D eigenvalue weighted by Gasteiger charge is 2.50. The minimum Gasteiger partial charge on any atom is -0.465 e. The van der Waals surface area contributed by atoms with E-state index in [1.807, 2.05) is 0 Å². The SMILES string of the molecule is CCOC(=O)C(CC=C(C(=O)OC)C(=O)OC)(CC1CCCCO1)C(=O)OCC. The zero-order valence-corrected chi connectivity index (χ0v) is 17.5. The van der Waals surface area contributed by atoms with Crippen molar-refractivity contribution in [1.82, 2.24) is 0 Å². The van der Waals surface area contributed by atoms with Crippen molar-refractivity contribution in [2.75, 3.05) is 34.0 Å². The third-order valence-electron chi connectivity index (χ3n) is 4.65. The third kappa shape index (κ3) is 6.56. The summed E-state index contributed by atoms with van der Waals surface area (Å²) >= 11 is 0. The molecule has 0 aromatic heterocycles. The first kappa shape index (κ1) is 24.6. The maximum atomic E-state index is 12.9. The molecule has 0 bridgehead atoms. The Morgan fingerprint density at radius 3 is 1.93 bits per heavy atom. The van der Waals surface area contributed by atoms with Crippen molar-refractivity contribution < 1.29 is 42.9 Å². The number of rotatable bonds is 10. The van der Waals surface area contributed by atoms with Crippen LogP contribution in [0.1, 0.15) is 46.0 Å². The molecule has 0 saturated carbocycles. The Kier molecular flexibility index (Phi) is 10.4. The molecule has 164 valence electrons. The van der Waals surface area contributed by atoms with E-state index in [1.165, 1.54) is 0 Å². The molecule has 9 heteroatoms. The first-order valence-electron chi connectivity index (χ1n) is 9.69. The minimum atomic E-state index is -1.76. The van der Waals surface area contributed by atoms with E-state index in [0.717, 1.165) is 33.1 Å². The Hall–Kier alpha value is -2.42. The molecule has 0 N–H and O–H groups in total. The molecule has 0 spiro atoms. The van der Waals surface area contributed by atoms with Crippen molar-refractivity contribution >= 4 is 23.9 Å². The molecule has 0 aromatic carbocycles. The number of esters is 4. The maximum Gasteiger partial charge on any atom is 0.344 e. The molecule has 1 atom stereocenters. The predicted molar refractivity (Wildman–Crippen MR) is 101 cm³/mol. The molecule has 1 heterocycles. The van der Waals surface area contributed by atoms with Crippen molar-refractivity contribution in [3.8, 4) is 0 Å². The van der Waals surface area contributed by atoms with Crippen molar-refractivity contribution in [1.29, 1.82) is 0 Å². The molecule has 1 rings (SSSR count). The van der Waals surface area contributed by atoms with E-state index >= 15 is 0 Å². The molecule has 0 amide bonds. The van der Waals surface area contributed by atoms with Crippen molar-refractivity contribution in [2.24, 2.45) is 5.41 Å². The molecule has 0 aromatic rings. The van der Waals surface area contributed by atoms with Crippen LogP contribution in [-0.4, -0.2) is 64.0 Å². The molecule has 1 fully saturated rings. The normalized spacial score (nSPS) is 16.3. The fourth-order valence-corrected chi connectivity index (χ4v) is 3.14. The lowest BCUT2D eigenvalue weighted by Crippen LogP contribution is -2.45. The molecule has 0 radical (unpaired) electrons. The van der Waals surface area contributed by atoms with Gasteiger partial charge in [0.15, 0.2) is 5.41 Å². The zero-order chi connectivity index (χ0) is 21.9. The van der Waals surface area contributed by atoms with Gasteiger partial charge >= 0.3 is 23.9 Å². The molecule has 29 heavy (non-hydrogen) atoms. The predicted octanol–water partition coefficient (Wildman–Crippen LogP) is 1.72. The highest BCUT2D eigenvalue weighted by Crippen LogP contribution is 2.36. The summed E-state index contributed by atoms with van der Waals surface area (Å²) in [5, 5.41) is 0. The monoisotopic (exact) mass is 414 g/mol. The summed E-state index contributed by atoms with van der Waals surface area (Å²) in [6, 6.07) is 0. The second-order valence-electron chi connectivity index (χ2n) is 6.52. The van der Waals surface area contributed by atoms with E-state index < -0.39 is 34.9 Å². The van der Waals surface area contributed by atoms with Gasteiger partial charge in [-0.25, -0.2) is 9.59 Å². The average molecular weight is 414 g/mol. The van der Waals surface area contributed by atoms with Crippen molar-refractivity contribution in [3.05, 3.63) is 11.6 Å². The van der Waals surface area contributed by atoms with E-state index in [2.05, 4.69) is 9.47 Å². The van der Waals surface area contributed by atoms with E-state index in [4.69, 9.17) is 14.2 Å². The van der Waals surface area contributed by atoms with Gasteiger partial charge in [0.05, 0.1) is 33.5 Å². The Morgan fingerprint density at radius 2 is 1.52 bits per heavy atom. The van der Waals surface area contributed by atoms with Crippen LogP contribution in [-0.2, 0) is 42.9 Å². The maximum absolute atomic E-state index is 12.9. The number of hydrogen-bond acceptors (Lipinski definition) is 9. The number of carbonyl (C=O) groups is 4. The van der Waals surface area contributed by atoms with Gasteiger partial charge in [0.1, 0.15) is 5.57 Å². The lowest BCUT2D eigenvalue weighted by Gasteiger charge is -2.33. The van der Waals surface area contributed by atoms with Gasteiger partial charge in [-0.05, 0) is 39.5 Å². The van der Waals surface area contributed by atoms with Crippen LogP contribution in [0.15, 0.2) is 11.6 Å². The van der Waals surface area contributed by atoms with Crippen LogP contribution < -0.4 is 0 Å². The Morgan fingerprint density at radius 1 is 0.966 bits per heavy atom. The molecular formula is C20H30O9. The topological polar surface area (TPSA) is 114 Å². The molecule has 9 nitrogen and oxygen atoms in total. The quantitative estimate of drug-likeness (QED) is 0.173. The van der Waals surface area contributed by atoms with E-state index in [9.17, 15) is 19.2 Å². The molecule has 0 aliphatic carbocycles. The summed E-state index contributed by atoms with van der Waals surface area (Å²) in [5.41, 5.74) is -2.18. The summed E-state index contributed by atoms with van der Waals surface area (Å²) in [7, 11) is 2.22.